The van der Waals surface area contributed by atoms with Crippen molar-refractivity contribution in [3.05, 3.63) is 29.8 Å². The number of pyridine rings is 1. The van der Waals surface area contributed by atoms with Crippen molar-refractivity contribution in [2.75, 3.05) is 25.5 Å². The van der Waals surface area contributed by atoms with Gasteiger partial charge in [0, 0.05) is 18.5 Å². The largest absolute Gasteiger partial charge is 0.497 e. The Kier molecular flexibility index (Phi) is 5.85. The van der Waals surface area contributed by atoms with Crippen LogP contribution in [0.25, 0.3) is 10.9 Å². The summed E-state index contributed by atoms with van der Waals surface area (Å²) in [5.74, 6) is 0.685. The number of alkyl halides is 2. The second-order valence-electron chi connectivity index (χ2n) is 4.57. The second-order valence-corrected chi connectivity index (χ2v) is 5.67. The van der Waals surface area contributed by atoms with E-state index in [0.29, 0.717) is 30.2 Å². The first-order valence-corrected chi connectivity index (χ1v) is 7.61. The zero-order chi connectivity index (χ0) is 16.8. The maximum atomic E-state index is 11.2. The molecule has 2 N–H and O–H groups in total. The molecule has 0 saturated heterocycles. The number of rotatable bonds is 6. The van der Waals surface area contributed by atoms with Crippen LogP contribution >= 0.6 is 23.2 Å². The minimum Gasteiger partial charge on any atom is -0.497 e. The second kappa shape index (κ2) is 7.86. The number of carbonyl (C=O) groups is 1. The predicted octanol–water partition coefficient (Wildman–Crippen LogP) is 2.45. The summed E-state index contributed by atoms with van der Waals surface area (Å²) in [4.78, 5) is 14.6. The van der Waals surface area contributed by atoms with Gasteiger partial charge in [0.05, 0.1) is 18.2 Å². The molecule has 0 spiro atoms. The van der Waals surface area contributed by atoms with Gasteiger partial charge in [-0.1, -0.05) is 23.2 Å². The van der Waals surface area contributed by atoms with Gasteiger partial charge >= 0.3 is 0 Å². The molecule has 1 aromatic carbocycles. The number of carbonyl (C=O) groups excluding carboxylic acids is 1. The summed E-state index contributed by atoms with van der Waals surface area (Å²) in [7, 11) is 1.58. The summed E-state index contributed by atoms with van der Waals surface area (Å²) in [5.41, 5.74) is 1.14. The van der Waals surface area contributed by atoms with Crippen LogP contribution in [0, 0.1) is 11.3 Å². The Bertz CT molecular complexity index is 759. The lowest BCUT2D eigenvalue weighted by Gasteiger charge is -2.10. The first-order valence-electron chi connectivity index (χ1n) is 6.73. The van der Waals surface area contributed by atoms with E-state index in [-0.39, 0.29) is 0 Å². The van der Waals surface area contributed by atoms with Crippen molar-refractivity contribution in [1.82, 2.24) is 10.3 Å². The monoisotopic (exact) mass is 352 g/mol. The molecule has 2 rings (SSSR count). The van der Waals surface area contributed by atoms with E-state index in [1.165, 1.54) is 0 Å². The van der Waals surface area contributed by atoms with Gasteiger partial charge in [-0.05, 0) is 24.3 Å². The number of aromatic nitrogens is 1. The highest BCUT2D eigenvalue weighted by molar-refractivity contribution is 6.53. The lowest BCUT2D eigenvalue weighted by molar-refractivity contribution is -0.119. The number of hydrogen-bond acceptors (Lipinski definition) is 5. The molecule has 0 aliphatic rings. The summed E-state index contributed by atoms with van der Waals surface area (Å²) in [5, 5.41) is 15.6. The van der Waals surface area contributed by atoms with E-state index >= 15 is 0 Å². The standard InChI is InChI=1S/C15H14Cl2N4O2/c1-23-11-2-3-12-9(7-11)6-10(8-18)14(21-12)19-4-5-20-15(22)13(16)17/h2-3,6-7,13H,4-5H2,1H3,(H,19,21)(H,20,22). The van der Waals surface area contributed by atoms with Crippen molar-refractivity contribution in [3.8, 4) is 11.8 Å². The third-order valence-corrected chi connectivity index (χ3v) is 3.45. The molecule has 1 aromatic heterocycles. The minimum atomic E-state index is -1.10. The molecule has 0 aliphatic heterocycles. The van der Waals surface area contributed by atoms with E-state index < -0.39 is 10.7 Å². The van der Waals surface area contributed by atoms with Gasteiger partial charge in [0.1, 0.15) is 17.6 Å². The summed E-state index contributed by atoms with van der Waals surface area (Å²) in [6, 6.07) is 9.26. The zero-order valence-electron chi connectivity index (χ0n) is 12.3. The van der Waals surface area contributed by atoms with E-state index in [0.717, 1.165) is 10.9 Å². The van der Waals surface area contributed by atoms with Crippen LogP contribution in [0.4, 0.5) is 5.82 Å². The molecule has 1 heterocycles. The van der Waals surface area contributed by atoms with Crippen LogP contribution in [0.3, 0.4) is 0 Å². The first-order chi connectivity index (χ1) is 11.0. The number of amides is 1. The molecule has 6 nitrogen and oxygen atoms in total. The van der Waals surface area contributed by atoms with Crippen LogP contribution in [-0.4, -0.2) is 35.9 Å². The highest BCUT2D eigenvalue weighted by Crippen LogP contribution is 2.23. The summed E-state index contributed by atoms with van der Waals surface area (Å²) < 4.78 is 5.16. The van der Waals surface area contributed by atoms with Gasteiger partial charge in [-0.15, -0.1) is 0 Å². The number of methoxy groups -OCH3 is 1. The number of nitrogens with one attached hydrogen (secondary N) is 2. The van der Waals surface area contributed by atoms with Gasteiger partial charge < -0.3 is 15.4 Å². The minimum absolute atomic E-state index is 0.308. The molecule has 8 heteroatoms. The van der Waals surface area contributed by atoms with Gasteiger partial charge in [0.2, 0.25) is 0 Å². The molecule has 0 radical (unpaired) electrons. The molecule has 23 heavy (non-hydrogen) atoms. The van der Waals surface area contributed by atoms with Gasteiger partial charge in [-0.25, -0.2) is 4.98 Å². The molecule has 0 aliphatic carbocycles. The molecule has 0 fully saturated rings. The number of nitrogens with zero attached hydrogens (tertiary/aromatic N) is 2. The number of nitriles is 1. The van der Waals surface area contributed by atoms with E-state index in [4.69, 9.17) is 27.9 Å². The van der Waals surface area contributed by atoms with Crippen molar-refractivity contribution in [2.45, 2.75) is 4.84 Å². The predicted molar refractivity (Wildman–Crippen MR) is 90.0 cm³/mol. The summed E-state index contributed by atoms with van der Waals surface area (Å²) >= 11 is 10.9. The molecule has 0 unspecified atom stereocenters. The lowest BCUT2D eigenvalue weighted by atomic mass is 10.1. The average Bonchev–Trinajstić information content (AvgIpc) is 2.56. The fraction of sp³-hybridized carbons (Fsp3) is 0.267. The summed E-state index contributed by atoms with van der Waals surface area (Å²) in [6.07, 6.45) is 0. The van der Waals surface area contributed by atoms with E-state index in [1.54, 1.807) is 19.2 Å². The first kappa shape index (κ1) is 17.1. The van der Waals surface area contributed by atoms with Crippen molar-refractivity contribution in [3.63, 3.8) is 0 Å². The molecule has 2 aromatic rings. The Morgan fingerprint density at radius 3 is 2.83 bits per heavy atom. The molecule has 1 amide bonds. The maximum absolute atomic E-state index is 11.2. The third kappa shape index (κ3) is 4.38. The number of fused-ring (bicyclic) bond motifs is 1. The van der Waals surface area contributed by atoms with E-state index in [9.17, 15) is 10.1 Å². The average molecular weight is 353 g/mol. The van der Waals surface area contributed by atoms with Crippen molar-refractivity contribution >= 4 is 45.8 Å². The Morgan fingerprint density at radius 2 is 2.17 bits per heavy atom. The number of ether oxygens (including phenoxy) is 1. The SMILES string of the molecule is COc1ccc2nc(NCCNC(=O)C(Cl)Cl)c(C#N)cc2c1. The van der Waals surface area contributed by atoms with Crippen LogP contribution in [0.1, 0.15) is 5.56 Å². The van der Waals surface area contributed by atoms with Crippen LogP contribution in [-0.2, 0) is 4.79 Å². The highest BCUT2D eigenvalue weighted by Gasteiger charge is 2.10. The van der Waals surface area contributed by atoms with E-state index in [1.807, 2.05) is 12.1 Å². The normalized spacial score (nSPS) is 10.4. The molecule has 0 bridgehead atoms. The number of benzene rings is 1. The van der Waals surface area contributed by atoms with Crippen molar-refractivity contribution in [2.24, 2.45) is 0 Å². The Morgan fingerprint density at radius 1 is 1.39 bits per heavy atom. The summed E-state index contributed by atoms with van der Waals surface area (Å²) in [6.45, 7) is 0.692. The number of halogens is 2. The molecule has 0 atom stereocenters. The van der Waals surface area contributed by atoms with Crippen LogP contribution < -0.4 is 15.4 Å². The van der Waals surface area contributed by atoms with Gasteiger partial charge in [-0.3, -0.25) is 4.79 Å². The lowest BCUT2D eigenvalue weighted by Crippen LogP contribution is -2.32. The van der Waals surface area contributed by atoms with Crippen LogP contribution in [0.2, 0.25) is 0 Å². The van der Waals surface area contributed by atoms with Crippen molar-refractivity contribution in [1.29, 1.82) is 5.26 Å². The van der Waals surface area contributed by atoms with Crippen molar-refractivity contribution < 1.29 is 9.53 Å². The van der Waals surface area contributed by atoms with E-state index in [2.05, 4.69) is 21.7 Å². The highest BCUT2D eigenvalue weighted by atomic mass is 35.5. The van der Waals surface area contributed by atoms with Crippen LogP contribution in [0.15, 0.2) is 24.3 Å². The maximum Gasteiger partial charge on any atom is 0.253 e. The van der Waals surface area contributed by atoms with Gasteiger partial charge in [0.15, 0.2) is 4.84 Å². The third-order valence-electron chi connectivity index (χ3n) is 3.06. The molecule has 0 saturated carbocycles. The van der Waals surface area contributed by atoms with Gasteiger partial charge in [-0.2, -0.15) is 5.26 Å². The topological polar surface area (TPSA) is 87.0 Å². The Labute approximate surface area is 143 Å². The molecular formula is C15H14Cl2N4O2. The Balaban J connectivity index is 2.11. The van der Waals surface area contributed by atoms with Crippen LogP contribution in [0.5, 0.6) is 5.75 Å². The number of anilines is 1. The fourth-order valence-corrected chi connectivity index (χ4v) is 2.10. The smallest absolute Gasteiger partial charge is 0.253 e. The quantitative estimate of drug-likeness (QED) is 0.615. The molecular weight excluding hydrogens is 339 g/mol. The zero-order valence-corrected chi connectivity index (χ0v) is 13.8. The Hall–Kier alpha value is -2.23. The fourth-order valence-electron chi connectivity index (χ4n) is 1.95. The molecule has 120 valence electrons. The van der Waals surface area contributed by atoms with Gasteiger partial charge in [0.25, 0.3) is 5.91 Å². The number of hydrogen-bond donors (Lipinski definition) is 2.